The molecular weight excluding hydrogens is 202 g/mol. The second-order valence-corrected chi connectivity index (χ2v) is 3.75. The van der Waals surface area contributed by atoms with Crippen molar-refractivity contribution in [2.75, 3.05) is 7.05 Å². The second kappa shape index (κ2) is 5.29. The average Bonchev–Trinajstić information content (AvgIpc) is 2.28. The first-order chi connectivity index (χ1) is 7.56. The molecule has 4 nitrogen and oxygen atoms in total. The number of carbonyl (C=O) groups is 1. The number of hydrogen-bond acceptors (Lipinski definition) is 3. The average molecular weight is 217 g/mol. The van der Waals surface area contributed by atoms with Gasteiger partial charge in [-0.3, -0.25) is 4.79 Å². The lowest BCUT2D eigenvalue weighted by Gasteiger charge is -2.19. The standard InChI is InChI=1S/C12H15N3O/c1-9(14)12(16)15(2)8-11-6-4-3-5-10(11)7-13/h3-6,9H,8,14H2,1-2H3/t9-/m0/s1. The summed E-state index contributed by atoms with van der Waals surface area (Å²) in [6.45, 7) is 2.05. The predicted octanol–water partition coefficient (Wildman–Crippen LogP) is 0.864. The van der Waals surface area contributed by atoms with E-state index in [0.29, 0.717) is 12.1 Å². The van der Waals surface area contributed by atoms with Crippen LogP contribution in [0.25, 0.3) is 0 Å². The fraction of sp³-hybridized carbons (Fsp3) is 0.333. The molecule has 0 unspecified atom stereocenters. The van der Waals surface area contributed by atoms with Gasteiger partial charge in [0.15, 0.2) is 0 Å². The van der Waals surface area contributed by atoms with Crippen molar-refractivity contribution >= 4 is 5.91 Å². The maximum atomic E-state index is 11.6. The van der Waals surface area contributed by atoms with Crippen LogP contribution in [0.4, 0.5) is 0 Å². The molecule has 0 fully saturated rings. The first kappa shape index (κ1) is 12.2. The van der Waals surface area contributed by atoms with Gasteiger partial charge in [0.1, 0.15) is 0 Å². The van der Waals surface area contributed by atoms with Crippen LogP contribution in [0.3, 0.4) is 0 Å². The van der Waals surface area contributed by atoms with E-state index in [4.69, 9.17) is 11.0 Å². The fourth-order valence-electron chi connectivity index (χ4n) is 1.45. The highest BCUT2D eigenvalue weighted by Crippen LogP contribution is 2.10. The van der Waals surface area contributed by atoms with E-state index in [2.05, 4.69) is 6.07 Å². The summed E-state index contributed by atoms with van der Waals surface area (Å²) < 4.78 is 0. The van der Waals surface area contributed by atoms with E-state index < -0.39 is 6.04 Å². The van der Waals surface area contributed by atoms with Crippen molar-refractivity contribution in [3.63, 3.8) is 0 Å². The molecule has 84 valence electrons. The molecule has 1 amide bonds. The van der Waals surface area contributed by atoms with Gasteiger partial charge >= 0.3 is 0 Å². The number of rotatable bonds is 3. The number of nitrogens with zero attached hydrogens (tertiary/aromatic N) is 2. The Bertz CT molecular complexity index is 421. The Kier molecular flexibility index (Phi) is 4.03. The number of nitrogens with two attached hydrogens (primary N) is 1. The zero-order chi connectivity index (χ0) is 12.1. The van der Waals surface area contributed by atoms with Gasteiger partial charge in [0.25, 0.3) is 0 Å². The Morgan fingerprint density at radius 3 is 2.75 bits per heavy atom. The molecular formula is C12H15N3O. The van der Waals surface area contributed by atoms with Gasteiger partial charge in [0, 0.05) is 13.6 Å². The Labute approximate surface area is 95.3 Å². The minimum Gasteiger partial charge on any atom is -0.340 e. The normalized spacial score (nSPS) is 11.6. The van der Waals surface area contributed by atoms with Crippen LogP contribution in [0.1, 0.15) is 18.1 Å². The minimum atomic E-state index is -0.515. The van der Waals surface area contributed by atoms with Gasteiger partial charge in [-0.25, -0.2) is 0 Å². The van der Waals surface area contributed by atoms with Crippen molar-refractivity contribution in [1.82, 2.24) is 4.90 Å². The van der Waals surface area contributed by atoms with Gasteiger partial charge in [-0.1, -0.05) is 18.2 Å². The molecule has 0 spiro atoms. The Morgan fingerprint density at radius 2 is 2.19 bits per heavy atom. The molecule has 0 aromatic heterocycles. The summed E-state index contributed by atoms with van der Waals surface area (Å²) in [6.07, 6.45) is 0. The van der Waals surface area contributed by atoms with Gasteiger partial charge in [-0.05, 0) is 18.6 Å². The van der Waals surface area contributed by atoms with Crippen LogP contribution in [0.5, 0.6) is 0 Å². The highest BCUT2D eigenvalue weighted by Gasteiger charge is 2.14. The summed E-state index contributed by atoms with van der Waals surface area (Å²) >= 11 is 0. The smallest absolute Gasteiger partial charge is 0.239 e. The molecule has 1 aromatic rings. The van der Waals surface area contributed by atoms with E-state index in [1.165, 1.54) is 4.90 Å². The molecule has 1 atom stereocenters. The van der Waals surface area contributed by atoms with Crippen LogP contribution in [-0.2, 0) is 11.3 Å². The van der Waals surface area contributed by atoms with Crippen LogP contribution >= 0.6 is 0 Å². The van der Waals surface area contributed by atoms with Gasteiger partial charge in [-0.2, -0.15) is 5.26 Å². The third kappa shape index (κ3) is 2.81. The van der Waals surface area contributed by atoms with Crippen LogP contribution in [-0.4, -0.2) is 23.9 Å². The molecule has 0 aliphatic carbocycles. The fourth-order valence-corrected chi connectivity index (χ4v) is 1.45. The monoisotopic (exact) mass is 217 g/mol. The number of amides is 1. The SMILES string of the molecule is C[C@H](N)C(=O)N(C)Cc1ccccc1C#N. The Balaban J connectivity index is 2.81. The number of hydrogen-bond donors (Lipinski definition) is 1. The van der Waals surface area contributed by atoms with Crippen molar-refractivity contribution in [2.45, 2.75) is 19.5 Å². The number of nitriles is 1. The summed E-state index contributed by atoms with van der Waals surface area (Å²) in [5.74, 6) is -0.132. The van der Waals surface area contributed by atoms with E-state index in [9.17, 15) is 4.79 Å². The van der Waals surface area contributed by atoms with Crippen LogP contribution in [0.15, 0.2) is 24.3 Å². The molecule has 0 saturated heterocycles. The molecule has 0 aliphatic rings. The van der Waals surface area contributed by atoms with E-state index in [1.807, 2.05) is 12.1 Å². The zero-order valence-electron chi connectivity index (χ0n) is 9.47. The molecule has 1 aromatic carbocycles. The molecule has 0 radical (unpaired) electrons. The van der Waals surface area contributed by atoms with E-state index >= 15 is 0 Å². The number of carbonyl (C=O) groups excluding carboxylic acids is 1. The number of likely N-dealkylation sites (N-methyl/N-ethyl adjacent to an activating group) is 1. The van der Waals surface area contributed by atoms with E-state index in [0.717, 1.165) is 5.56 Å². The van der Waals surface area contributed by atoms with Gasteiger partial charge < -0.3 is 10.6 Å². The topological polar surface area (TPSA) is 70.1 Å². The number of benzene rings is 1. The summed E-state index contributed by atoms with van der Waals surface area (Å²) in [6, 6.07) is 8.81. The molecule has 2 N–H and O–H groups in total. The predicted molar refractivity (Wildman–Crippen MR) is 61.3 cm³/mol. The molecule has 1 rings (SSSR count). The Morgan fingerprint density at radius 1 is 1.56 bits per heavy atom. The maximum Gasteiger partial charge on any atom is 0.239 e. The van der Waals surface area contributed by atoms with E-state index in [1.54, 1.807) is 26.1 Å². The summed E-state index contributed by atoms with van der Waals surface area (Å²) in [5.41, 5.74) is 6.93. The second-order valence-electron chi connectivity index (χ2n) is 3.75. The lowest BCUT2D eigenvalue weighted by molar-refractivity contribution is -0.131. The van der Waals surface area contributed by atoms with E-state index in [-0.39, 0.29) is 5.91 Å². The van der Waals surface area contributed by atoms with Crippen LogP contribution < -0.4 is 5.73 Å². The third-order valence-electron chi connectivity index (χ3n) is 2.31. The van der Waals surface area contributed by atoms with Crippen molar-refractivity contribution < 1.29 is 4.79 Å². The highest BCUT2D eigenvalue weighted by atomic mass is 16.2. The van der Waals surface area contributed by atoms with Crippen LogP contribution in [0.2, 0.25) is 0 Å². The highest BCUT2D eigenvalue weighted by molar-refractivity contribution is 5.80. The lowest BCUT2D eigenvalue weighted by atomic mass is 10.1. The van der Waals surface area contributed by atoms with Crippen molar-refractivity contribution in [2.24, 2.45) is 5.73 Å². The van der Waals surface area contributed by atoms with Crippen molar-refractivity contribution in [3.8, 4) is 6.07 Å². The molecule has 4 heteroatoms. The third-order valence-corrected chi connectivity index (χ3v) is 2.31. The first-order valence-corrected chi connectivity index (χ1v) is 5.05. The van der Waals surface area contributed by atoms with Gasteiger partial charge in [0.2, 0.25) is 5.91 Å². The van der Waals surface area contributed by atoms with Crippen LogP contribution in [0, 0.1) is 11.3 Å². The zero-order valence-corrected chi connectivity index (χ0v) is 9.47. The summed E-state index contributed by atoms with van der Waals surface area (Å²) in [5, 5.41) is 8.90. The molecule has 16 heavy (non-hydrogen) atoms. The minimum absolute atomic E-state index is 0.132. The van der Waals surface area contributed by atoms with Gasteiger partial charge in [0.05, 0.1) is 17.7 Å². The van der Waals surface area contributed by atoms with Crippen molar-refractivity contribution in [3.05, 3.63) is 35.4 Å². The summed E-state index contributed by atoms with van der Waals surface area (Å²) in [7, 11) is 1.68. The largest absolute Gasteiger partial charge is 0.340 e. The maximum absolute atomic E-state index is 11.6. The molecule has 0 heterocycles. The quantitative estimate of drug-likeness (QED) is 0.816. The molecule has 0 aliphatic heterocycles. The first-order valence-electron chi connectivity index (χ1n) is 5.05. The Hall–Kier alpha value is -1.86. The lowest BCUT2D eigenvalue weighted by Crippen LogP contribution is -2.39. The van der Waals surface area contributed by atoms with Gasteiger partial charge in [-0.15, -0.1) is 0 Å². The van der Waals surface area contributed by atoms with Crippen molar-refractivity contribution in [1.29, 1.82) is 5.26 Å². The summed E-state index contributed by atoms with van der Waals surface area (Å²) in [4.78, 5) is 13.1. The molecule has 0 saturated carbocycles. The molecule has 0 bridgehead atoms.